The van der Waals surface area contributed by atoms with Crippen molar-refractivity contribution < 1.29 is 14.3 Å². The fourth-order valence-corrected chi connectivity index (χ4v) is 2.33. The van der Waals surface area contributed by atoms with Gasteiger partial charge in [-0.1, -0.05) is 36.4 Å². The molecule has 1 aliphatic carbocycles. The molecule has 0 spiro atoms. The van der Waals surface area contributed by atoms with E-state index in [0.717, 1.165) is 22.4 Å². The molecule has 0 bridgehead atoms. The maximum absolute atomic E-state index is 11.9. The number of ether oxygens (including phenoxy) is 1. The number of carbonyl (C=O) groups is 2. The Morgan fingerprint density at radius 3 is 2.15 bits per heavy atom. The first-order chi connectivity index (χ1) is 9.70. The van der Waals surface area contributed by atoms with Gasteiger partial charge in [-0.2, -0.15) is 0 Å². The molecular weight excluding hydrogens is 252 g/mol. The third-order valence-corrected chi connectivity index (χ3v) is 3.36. The van der Waals surface area contributed by atoms with Crippen molar-refractivity contribution in [3.8, 4) is 5.75 Å². The van der Waals surface area contributed by atoms with E-state index >= 15 is 0 Å². The summed E-state index contributed by atoms with van der Waals surface area (Å²) in [4.78, 5) is 23.7. The fourth-order valence-electron chi connectivity index (χ4n) is 2.33. The van der Waals surface area contributed by atoms with Gasteiger partial charge in [-0.25, -0.2) is 0 Å². The zero-order valence-electron chi connectivity index (χ0n) is 10.9. The van der Waals surface area contributed by atoms with Crippen LogP contribution in [0.5, 0.6) is 5.75 Å². The molecule has 0 radical (unpaired) electrons. The highest BCUT2D eigenvalue weighted by molar-refractivity contribution is 6.51. The topological polar surface area (TPSA) is 43.4 Å². The van der Waals surface area contributed by atoms with Crippen molar-refractivity contribution in [3.05, 3.63) is 71.3 Å². The number of rotatable bonds is 2. The number of benzene rings is 2. The lowest BCUT2D eigenvalue weighted by atomic mass is 9.86. The van der Waals surface area contributed by atoms with Gasteiger partial charge in [0.05, 0.1) is 7.11 Å². The van der Waals surface area contributed by atoms with Crippen LogP contribution in [-0.4, -0.2) is 18.7 Å². The number of hydrogen-bond donors (Lipinski definition) is 0. The van der Waals surface area contributed by atoms with Gasteiger partial charge in [0.1, 0.15) is 5.75 Å². The van der Waals surface area contributed by atoms with Gasteiger partial charge in [-0.05, 0) is 34.9 Å². The number of carbonyl (C=O) groups excluding carboxylic acids is 2. The molecule has 0 amide bonds. The van der Waals surface area contributed by atoms with Gasteiger partial charge in [0, 0.05) is 5.56 Å². The molecule has 0 aromatic heterocycles. The van der Waals surface area contributed by atoms with E-state index in [1.807, 2.05) is 36.4 Å². The van der Waals surface area contributed by atoms with E-state index in [1.165, 1.54) is 6.08 Å². The molecule has 3 nitrogen and oxygen atoms in total. The Labute approximate surface area is 116 Å². The van der Waals surface area contributed by atoms with Crippen molar-refractivity contribution in [2.75, 3.05) is 7.11 Å². The first-order valence-electron chi connectivity index (χ1n) is 6.25. The average Bonchev–Trinajstić information content (AvgIpc) is 2.51. The van der Waals surface area contributed by atoms with Crippen LogP contribution in [0.4, 0.5) is 0 Å². The molecule has 98 valence electrons. The van der Waals surface area contributed by atoms with Gasteiger partial charge in [-0.15, -0.1) is 0 Å². The van der Waals surface area contributed by atoms with Crippen LogP contribution < -0.4 is 4.74 Å². The molecule has 0 saturated carbocycles. The van der Waals surface area contributed by atoms with Crippen LogP contribution in [0, 0.1) is 0 Å². The normalized spacial score (nSPS) is 13.8. The van der Waals surface area contributed by atoms with Crippen LogP contribution in [0.1, 0.15) is 21.5 Å². The number of fused-ring (bicyclic) bond motifs is 1. The lowest BCUT2D eigenvalue weighted by molar-refractivity contribution is -0.111. The van der Waals surface area contributed by atoms with E-state index in [4.69, 9.17) is 4.74 Å². The SMILES string of the molecule is COc1ccc(C2=CC(=O)C(=O)c3ccccc32)cc1. The van der Waals surface area contributed by atoms with Crippen molar-refractivity contribution in [1.82, 2.24) is 0 Å². The van der Waals surface area contributed by atoms with Crippen LogP contribution in [0.2, 0.25) is 0 Å². The van der Waals surface area contributed by atoms with Crippen molar-refractivity contribution >= 4 is 17.1 Å². The Morgan fingerprint density at radius 1 is 0.850 bits per heavy atom. The predicted octanol–water partition coefficient (Wildman–Crippen LogP) is 2.89. The molecule has 3 heteroatoms. The molecule has 1 aliphatic rings. The summed E-state index contributed by atoms with van der Waals surface area (Å²) in [6, 6.07) is 14.6. The van der Waals surface area contributed by atoms with Crippen molar-refractivity contribution in [1.29, 1.82) is 0 Å². The smallest absolute Gasteiger partial charge is 0.233 e. The summed E-state index contributed by atoms with van der Waals surface area (Å²) in [5.41, 5.74) is 2.92. The quantitative estimate of drug-likeness (QED) is 0.783. The molecular formula is C17H12O3. The highest BCUT2D eigenvalue weighted by Gasteiger charge is 2.25. The monoisotopic (exact) mass is 264 g/mol. The van der Waals surface area contributed by atoms with Crippen LogP contribution in [0.3, 0.4) is 0 Å². The molecule has 0 aliphatic heterocycles. The van der Waals surface area contributed by atoms with Gasteiger partial charge < -0.3 is 4.74 Å². The summed E-state index contributed by atoms with van der Waals surface area (Å²) >= 11 is 0. The van der Waals surface area contributed by atoms with E-state index in [2.05, 4.69) is 0 Å². The number of allylic oxidation sites excluding steroid dienone is 1. The van der Waals surface area contributed by atoms with Gasteiger partial charge in [0.25, 0.3) is 0 Å². The highest BCUT2D eigenvalue weighted by Crippen LogP contribution is 2.31. The first kappa shape index (κ1) is 12.4. The second-order valence-corrected chi connectivity index (χ2v) is 4.53. The molecule has 0 fully saturated rings. The predicted molar refractivity (Wildman–Crippen MR) is 75.9 cm³/mol. The maximum Gasteiger partial charge on any atom is 0.233 e. The summed E-state index contributed by atoms with van der Waals surface area (Å²) in [5, 5.41) is 0. The van der Waals surface area contributed by atoms with E-state index in [1.54, 1.807) is 19.2 Å². The Morgan fingerprint density at radius 2 is 1.50 bits per heavy atom. The average molecular weight is 264 g/mol. The second-order valence-electron chi connectivity index (χ2n) is 4.53. The van der Waals surface area contributed by atoms with Crippen LogP contribution in [0.25, 0.3) is 5.57 Å². The minimum atomic E-state index is -0.477. The van der Waals surface area contributed by atoms with Gasteiger partial charge >= 0.3 is 0 Å². The zero-order valence-corrected chi connectivity index (χ0v) is 10.9. The van der Waals surface area contributed by atoms with E-state index in [9.17, 15) is 9.59 Å². The number of methoxy groups -OCH3 is 1. The molecule has 0 N–H and O–H groups in total. The van der Waals surface area contributed by atoms with E-state index in [-0.39, 0.29) is 0 Å². The van der Waals surface area contributed by atoms with Gasteiger partial charge in [0.2, 0.25) is 11.6 Å². The molecule has 0 atom stereocenters. The summed E-state index contributed by atoms with van der Waals surface area (Å²) in [7, 11) is 1.60. The summed E-state index contributed by atoms with van der Waals surface area (Å²) < 4.78 is 5.12. The van der Waals surface area contributed by atoms with Crippen molar-refractivity contribution in [3.63, 3.8) is 0 Å². The summed E-state index contributed by atoms with van der Waals surface area (Å²) in [6.45, 7) is 0. The minimum absolute atomic E-state index is 0.446. The highest BCUT2D eigenvalue weighted by atomic mass is 16.5. The van der Waals surface area contributed by atoms with Crippen molar-refractivity contribution in [2.24, 2.45) is 0 Å². The Bertz CT molecular complexity index is 724. The minimum Gasteiger partial charge on any atom is -0.497 e. The van der Waals surface area contributed by atoms with Crippen LogP contribution in [-0.2, 0) is 4.79 Å². The lowest BCUT2D eigenvalue weighted by Crippen LogP contribution is -2.18. The van der Waals surface area contributed by atoms with Crippen LogP contribution in [0.15, 0.2) is 54.6 Å². The largest absolute Gasteiger partial charge is 0.497 e. The first-order valence-corrected chi connectivity index (χ1v) is 6.25. The van der Waals surface area contributed by atoms with Crippen LogP contribution >= 0.6 is 0 Å². The zero-order chi connectivity index (χ0) is 14.1. The molecule has 0 unspecified atom stereocenters. The summed E-state index contributed by atoms with van der Waals surface area (Å²) in [5.74, 6) is -0.173. The summed E-state index contributed by atoms with van der Waals surface area (Å²) in [6.07, 6.45) is 1.41. The number of Topliss-reactive ketones (excluding diaryl/α,β-unsaturated/α-hetero) is 1. The Kier molecular flexibility index (Phi) is 2.95. The van der Waals surface area contributed by atoms with E-state index in [0.29, 0.717) is 5.56 Å². The molecule has 0 saturated heterocycles. The standard InChI is InChI=1S/C17H12O3/c1-20-12-8-6-11(7-9-12)15-10-16(18)17(19)14-5-3-2-4-13(14)15/h2-10H,1H3. The molecule has 3 rings (SSSR count). The molecule has 20 heavy (non-hydrogen) atoms. The lowest BCUT2D eigenvalue weighted by Gasteiger charge is -2.16. The molecule has 2 aromatic rings. The molecule has 0 heterocycles. The second kappa shape index (κ2) is 4.78. The van der Waals surface area contributed by atoms with Gasteiger partial charge in [-0.3, -0.25) is 9.59 Å². The number of hydrogen-bond acceptors (Lipinski definition) is 3. The van der Waals surface area contributed by atoms with E-state index < -0.39 is 11.6 Å². The fraction of sp³-hybridized carbons (Fsp3) is 0.0588. The number of ketones is 2. The molecule has 2 aromatic carbocycles. The Balaban J connectivity index is 2.15. The third-order valence-electron chi connectivity index (χ3n) is 3.36. The maximum atomic E-state index is 11.9. The Hall–Kier alpha value is -2.68. The van der Waals surface area contributed by atoms with Gasteiger partial charge in [0.15, 0.2) is 0 Å². The third kappa shape index (κ3) is 1.93. The van der Waals surface area contributed by atoms with Crippen molar-refractivity contribution in [2.45, 2.75) is 0 Å².